The maximum atomic E-state index is 12.1. The van der Waals surface area contributed by atoms with Gasteiger partial charge in [-0.05, 0) is 17.7 Å². The van der Waals surface area contributed by atoms with Crippen LogP contribution < -0.4 is 16.2 Å². The van der Waals surface area contributed by atoms with Gasteiger partial charge in [-0.15, -0.1) is 0 Å². The van der Waals surface area contributed by atoms with Crippen LogP contribution in [0.2, 0.25) is 0 Å². The van der Waals surface area contributed by atoms with Gasteiger partial charge in [0.25, 0.3) is 5.56 Å². The maximum absolute atomic E-state index is 12.1. The van der Waals surface area contributed by atoms with E-state index in [1.807, 2.05) is 24.3 Å². The molecule has 0 atom stereocenters. The van der Waals surface area contributed by atoms with Crippen LogP contribution in [-0.4, -0.2) is 24.1 Å². The summed E-state index contributed by atoms with van der Waals surface area (Å²) < 4.78 is 0.885. The number of rotatable bonds is 2. The normalized spacial score (nSPS) is 10.4. The zero-order valence-electron chi connectivity index (χ0n) is 10.1. The Balaban J connectivity index is 2.63. The van der Waals surface area contributed by atoms with E-state index in [4.69, 9.17) is 5.73 Å². The van der Waals surface area contributed by atoms with Crippen LogP contribution in [0.3, 0.4) is 0 Å². The summed E-state index contributed by atoms with van der Waals surface area (Å²) in [6.07, 6.45) is 0. The van der Waals surface area contributed by atoms with E-state index in [-0.39, 0.29) is 11.4 Å². The number of hydrogen-bond donors (Lipinski definition) is 2. The number of benzene rings is 1. The van der Waals surface area contributed by atoms with Gasteiger partial charge in [0, 0.05) is 18.6 Å². The van der Waals surface area contributed by atoms with Crippen LogP contribution in [0, 0.1) is 0 Å². The van der Waals surface area contributed by atoms with Gasteiger partial charge >= 0.3 is 0 Å². The molecule has 94 valence electrons. The Morgan fingerprint density at radius 2 is 2.11 bits per heavy atom. The molecule has 0 aliphatic carbocycles. The summed E-state index contributed by atoms with van der Waals surface area (Å²) >= 11 is 3.36. The highest BCUT2D eigenvalue weighted by Gasteiger charge is 2.12. The summed E-state index contributed by atoms with van der Waals surface area (Å²) in [5.74, 6) is 0.664. The molecule has 0 fully saturated rings. The lowest BCUT2D eigenvalue weighted by molar-refractivity contribution is 0.987. The quantitative estimate of drug-likeness (QED) is 0.888. The van der Waals surface area contributed by atoms with Crippen molar-refractivity contribution in [2.45, 2.75) is 0 Å². The summed E-state index contributed by atoms with van der Waals surface area (Å²) in [6, 6.07) is 7.38. The minimum absolute atomic E-state index is 0.223. The molecule has 0 unspecified atom stereocenters. The first-order valence-corrected chi connectivity index (χ1v) is 6.11. The van der Waals surface area contributed by atoms with Gasteiger partial charge in [-0.1, -0.05) is 28.1 Å². The number of nitrogens with one attached hydrogen (secondary N) is 1. The summed E-state index contributed by atoms with van der Waals surface area (Å²) in [5, 5.41) is 0. The lowest BCUT2D eigenvalue weighted by atomic mass is 10.1. The molecule has 0 bridgehead atoms. The molecule has 18 heavy (non-hydrogen) atoms. The largest absolute Gasteiger partial charge is 0.383 e. The van der Waals surface area contributed by atoms with Crippen molar-refractivity contribution >= 4 is 27.7 Å². The number of hydrogen-bond acceptors (Lipinski definition) is 4. The molecule has 1 aromatic carbocycles. The van der Waals surface area contributed by atoms with Crippen LogP contribution in [0.15, 0.2) is 33.5 Å². The molecule has 1 aromatic heterocycles. The first-order chi connectivity index (χ1) is 8.49. The molecule has 1 heterocycles. The lowest BCUT2D eigenvalue weighted by Gasteiger charge is -2.12. The Kier molecular flexibility index (Phi) is 3.38. The molecule has 2 rings (SSSR count). The Morgan fingerprint density at radius 1 is 1.39 bits per heavy atom. The fourth-order valence-corrected chi connectivity index (χ4v) is 2.01. The number of nitrogens with zero attached hydrogens (tertiary/aromatic N) is 2. The molecule has 0 saturated heterocycles. The molecule has 0 amide bonds. The highest BCUT2D eigenvalue weighted by Crippen LogP contribution is 2.24. The average molecular weight is 309 g/mol. The third kappa shape index (κ3) is 2.38. The van der Waals surface area contributed by atoms with Crippen LogP contribution in [-0.2, 0) is 0 Å². The third-order valence-corrected chi connectivity index (χ3v) is 2.97. The monoisotopic (exact) mass is 308 g/mol. The summed E-state index contributed by atoms with van der Waals surface area (Å²) in [5.41, 5.74) is 6.75. The molecule has 2 aromatic rings. The van der Waals surface area contributed by atoms with Crippen molar-refractivity contribution in [2.24, 2.45) is 0 Å². The predicted octanol–water partition coefficient (Wildman–Crippen LogP) is 1.85. The van der Waals surface area contributed by atoms with E-state index < -0.39 is 0 Å². The van der Waals surface area contributed by atoms with Gasteiger partial charge in [0.2, 0.25) is 5.95 Å². The Morgan fingerprint density at radius 3 is 2.67 bits per heavy atom. The number of nitrogens with two attached hydrogens (primary N) is 1. The Labute approximate surface area is 113 Å². The van der Waals surface area contributed by atoms with E-state index >= 15 is 0 Å². The first-order valence-electron chi connectivity index (χ1n) is 5.32. The van der Waals surface area contributed by atoms with E-state index in [0.29, 0.717) is 11.5 Å². The standard InChI is InChI=1S/C12H13BrN4O/c1-17(2)12-15-10(14)9(11(18)16-12)7-4-3-5-8(13)6-7/h3-6H,1-2H3,(H3,14,15,16,18). The smallest absolute Gasteiger partial charge is 0.262 e. The molecule has 0 aliphatic heterocycles. The number of nitrogen functional groups attached to an aromatic ring is 1. The lowest BCUT2D eigenvalue weighted by Crippen LogP contribution is -2.21. The van der Waals surface area contributed by atoms with Crippen molar-refractivity contribution in [2.75, 3.05) is 24.7 Å². The molecule has 0 aliphatic rings. The van der Waals surface area contributed by atoms with Gasteiger partial charge in [-0.2, -0.15) is 4.98 Å². The highest BCUT2D eigenvalue weighted by atomic mass is 79.9. The fraction of sp³-hybridized carbons (Fsp3) is 0.167. The second kappa shape index (κ2) is 4.81. The molecule has 6 heteroatoms. The molecule has 0 saturated carbocycles. The van der Waals surface area contributed by atoms with Crippen molar-refractivity contribution in [1.82, 2.24) is 9.97 Å². The van der Waals surface area contributed by atoms with Gasteiger partial charge < -0.3 is 10.6 Å². The van der Waals surface area contributed by atoms with Crippen LogP contribution >= 0.6 is 15.9 Å². The molecule has 3 N–H and O–H groups in total. The minimum Gasteiger partial charge on any atom is -0.383 e. The molecule has 5 nitrogen and oxygen atoms in total. The van der Waals surface area contributed by atoms with E-state index in [1.165, 1.54) is 0 Å². The van der Waals surface area contributed by atoms with Crippen molar-refractivity contribution in [3.8, 4) is 11.1 Å². The summed E-state index contributed by atoms with van der Waals surface area (Å²) in [7, 11) is 3.58. The second-order valence-corrected chi connectivity index (χ2v) is 4.97. The van der Waals surface area contributed by atoms with Crippen LogP contribution in [0.5, 0.6) is 0 Å². The minimum atomic E-state index is -0.246. The van der Waals surface area contributed by atoms with E-state index in [9.17, 15) is 4.79 Å². The van der Waals surface area contributed by atoms with Crippen LogP contribution in [0.1, 0.15) is 0 Å². The average Bonchev–Trinajstić information content (AvgIpc) is 2.27. The SMILES string of the molecule is CN(C)c1nc(N)c(-c2cccc(Br)c2)c(=O)[nH]1. The van der Waals surface area contributed by atoms with E-state index in [1.54, 1.807) is 19.0 Å². The Hall–Kier alpha value is -1.82. The zero-order valence-corrected chi connectivity index (χ0v) is 11.7. The summed E-state index contributed by atoms with van der Waals surface area (Å²) in [6.45, 7) is 0. The number of aromatic nitrogens is 2. The van der Waals surface area contributed by atoms with Crippen molar-refractivity contribution < 1.29 is 0 Å². The maximum Gasteiger partial charge on any atom is 0.262 e. The molecular weight excluding hydrogens is 296 g/mol. The van der Waals surface area contributed by atoms with Crippen molar-refractivity contribution in [3.05, 3.63) is 39.1 Å². The molecule has 0 spiro atoms. The number of aromatic amines is 1. The highest BCUT2D eigenvalue weighted by molar-refractivity contribution is 9.10. The molecule has 0 radical (unpaired) electrons. The van der Waals surface area contributed by atoms with E-state index in [2.05, 4.69) is 25.9 Å². The summed E-state index contributed by atoms with van der Waals surface area (Å²) in [4.78, 5) is 20.6. The molecular formula is C12H13BrN4O. The second-order valence-electron chi connectivity index (χ2n) is 4.05. The fourth-order valence-electron chi connectivity index (χ4n) is 1.61. The number of halogens is 1. The third-order valence-electron chi connectivity index (χ3n) is 2.47. The van der Waals surface area contributed by atoms with Gasteiger partial charge in [-0.3, -0.25) is 9.78 Å². The van der Waals surface area contributed by atoms with Gasteiger partial charge in [0.15, 0.2) is 0 Å². The van der Waals surface area contributed by atoms with E-state index in [0.717, 1.165) is 10.0 Å². The predicted molar refractivity (Wildman–Crippen MR) is 76.7 cm³/mol. The van der Waals surface area contributed by atoms with Gasteiger partial charge in [0.05, 0.1) is 5.56 Å². The van der Waals surface area contributed by atoms with Gasteiger partial charge in [0.1, 0.15) is 5.82 Å². The van der Waals surface area contributed by atoms with Gasteiger partial charge in [-0.25, -0.2) is 0 Å². The van der Waals surface area contributed by atoms with Crippen molar-refractivity contribution in [3.63, 3.8) is 0 Å². The number of H-pyrrole nitrogens is 1. The number of anilines is 2. The Bertz CT molecular complexity index is 636. The topological polar surface area (TPSA) is 75.0 Å². The first kappa shape index (κ1) is 12.6. The van der Waals surface area contributed by atoms with Crippen LogP contribution in [0.4, 0.5) is 11.8 Å². The zero-order chi connectivity index (χ0) is 13.3. The van der Waals surface area contributed by atoms with Crippen LogP contribution in [0.25, 0.3) is 11.1 Å². The van der Waals surface area contributed by atoms with Crippen molar-refractivity contribution in [1.29, 1.82) is 0 Å².